The number of hydrogen-bond acceptors (Lipinski definition) is 4. The van der Waals surface area contributed by atoms with Crippen molar-refractivity contribution < 1.29 is 9.47 Å². The molecule has 27 heavy (non-hydrogen) atoms. The van der Waals surface area contributed by atoms with E-state index in [1.54, 1.807) is 0 Å². The van der Waals surface area contributed by atoms with Crippen LogP contribution in [0.4, 0.5) is 0 Å². The van der Waals surface area contributed by atoms with Gasteiger partial charge in [-0.3, -0.25) is 4.90 Å². The molecule has 1 aromatic carbocycles. The number of nitrogens with zero attached hydrogens (tertiary/aromatic N) is 1. The molecule has 0 unspecified atom stereocenters. The molecule has 2 saturated heterocycles. The highest BCUT2D eigenvalue weighted by atomic mass is 16.5. The minimum Gasteiger partial charge on any atom is -0.379 e. The van der Waals surface area contributed by atoms with Gasteiger partial charge in [0, 0.05) is 25.1 Å². The second kappa shape index (κ2) is 9.51. The van der Waals surface area contributed by atoms with Gasteiger partial charge in [0.2, 0.25) is 0 Å². The van der Waals surface area contributed by atoms with Crippen molar-refractivity contribution in [3.8, 4) is 0 Å². The molecule has 2 aliphatic heterocycles. The third-order valence-corrected chi connectivity index (χ3v) is 6.21. The summed E-state index contributed by atoms with van der Waals surface area (Å²) in [5.74, 6) is 0. The van der Waals surface area contributed by atoms with E-state index >= 15 is 0 Å². The summed E-state index contributed by atoms with van der Waals surface area (Å²) >= 11 is 0. The molecule has 2 fully saturated rings. The molecule has 4 nitrogen and oxygen atoms in total. The summed E-state index contributed by atoms with van der Waals surface area (Å²) in [7, 11) is 0. The molecule has 0 saturated carbocycles. The van der Waals surface area contributed by atoms with Crippen molar-refractivity contribution in [2.75, 3.05) is 52.5 Å². The van der Waals surface area contributed by atoms with E-state index in [4.69, 9.17) is 9.47 Å². The van der Waals surface area contributed by atoms with Gasteiger partial charge in [-0.2, -0.15) is 0 Å². The van der Waals surface area contributed by atoms with Crippen molar-refractivity contribution in [2.45, 2.75) is 57.5 Å². The van der Waals surface area contributed by atoms with Crippen LogP contribution < -0.4 is 5.32 Å². The maximum Gasteiger partial charge on any atom is 0.0635 e. The highest BCUT2D eigenvalue weighted by molar-refractivity contribution is 5.30. The molecule has 0 bridgehead atoms. The van der Waals surface area contributed by atoms with Gasteiger partial charge >= 0.3 is 0 Å². The summed E-state index contributed by atoms with van der Waals surface area (Å²) in [5, 5.41) is 3.71. The first-order valence-corrected chi connectivity index (χ1v) is 10.7. The molecule has 4 heteroatoms. The zero-order chi connectivity index (χ0) is 19.2. The number of aryl methyl sites for hydroxylation is 1. The van der Waals surface area contributed by atoms with Crippen LogP contribution in [0.25, 0.3) is 0 Å². The predicted octanol–water partition coefficient (Wildman–Crippen LogP) is 3.52. The van der Waals surface area contributed by atoms with Crippen LogP contribution in [-0.4, -0.2) is 63.0 Å². The van der Waals surface area contributed by atoms with E-state index in [1.165, 1.54) is 30.5 Å². The molecule has 3 rings (SSSR count). The van der Waals surface area contributed by atoms with Crippen molar-refractivity contribution in [1.82, 2.24) is 10.2 Å². The monoisotopic (exact) mass is 374 g/mol. The quantitative estimate of drug-likeness (QED) is 0.706. The van der Waals surface area contributed by atoms with Crippen molar-refractivity contribution in [3.63, 3.8) is 0 Å². The van der Waals surface area contributed by atoms with Crippen LogP contribution in [-0.2, 0) is 14.9 Å². The second-order valence-corrected chi connectivity index (χ2v) is 8.99. The molecule has 2 aliphatic rings. The Hall–Kier alpha value is -0.940. The van der Waals surface area contributed by atoms with Gasteiger partial charge in [0.05, 0.1) is 18.8 Å². The molecule has 2 heterocycles. The molecule has 1 atom stereocenters. The minimum absolute atomic E-state index is 0.0422. The van der Waals surface area contributed by atoms with E-state index in [1.807, 2.05) is 0 Å². The lowest BCUT2D eigenvalue weighted by atomic mass is 9.67. The third kappa shape index (κ3) is 6.02. The topological polar surface area (TPSA) is 33.7 Å². The summed E-state index contributed by atoms with van der Waals surface area (Å²) in [5.41, 5.74) is 3.01. The molecular formula is C23H38N2O2. The van der Waals surface area contributed by atoms with Crippen LogP contribution in [0, 0.1) is 6.92 Å². The van der Waals surface area contributed by atoms with Gasteiger partial charge < -0.3 is 14.8 Å². The fourth-order valence-corrected chi connectivity index (χ4v) is 4.69. The molecule has 1 N–H and O–H groups in total. The number of benzene rings is 1. The molecular weight excluding hydrogens is 336 g/mol. The molecule has 0 aliphatic carbocycles. The van der Waals surface area contributed by atoms with E-state index < -0.39 is 0 Å². The first-order valence-electron chi connectivity index (χ1n) is 10.7. The summed E-state index contributed by atoms with van der Waals surface area (Å²) in [6, 6.07) is 9.20. The number of ether oxygens (including phenoxy) is 2. The molecule has 0 amide bonds. The summed E-state index contributed by atoms with van der Waals surface area (Å²) in [4.78, 5) is 2.51. The van der Waals surface area contributed by atoms with Gasteiger partial charge in [0.25, 0.3) is 0 Å². The minimum atomic E-state index is -0.0422. The number of rotatable bonds is 8. The van der Waals surface area contributed by atoms with Crippen molar-refractivity contribution in [3.05, 3.63) is 35.4 Å². The van der Waals surface area contributed by atoms with Crippen LogP contribution in [0.2, 0.25) is 0 Å². The summed E-state index contributed by atoms with van der Waals surface area (Å²) in [6.07, 6.45) is 4.61. The number of hydrogen-bond donors (Lipinski definition) is 1. The normalized spacial score (nSPS) is 26.2. The van der Waals surface area contributed by atoms with E-state index in [9.17, 15) is 0 Å². The highest BCUT2D eigenvalue weighted by Crippen LogP contribution is 2.43. The Morgan fingerprint density at radius 3 is 2.48 bits per heavy atom. The molecule has 0 spiro atoms. The van der Waals surface area contributed by atoms with Gasteiger partial charge in [0.15, 0.2) is 0 Å². The summed E-state index contributed by atoms with van der Waals surface area (Å²) in [6.45, 7) is 14.8. The molecule has 1 aromatic rings. The van der Waals surface area contributed by atoms with Gasteiger partial charge in [-0.1, -0.05) is 29.8 Å². The Bertz CT molecular complexity index is 566. The number of nitrogens with one attached hydrogen (secondary N) is 1. The Balaban J connectivity index is 1.50. The summed E-state index contributed by atoms with van der Waals surface area (Å²) < 4.78 is 11.5. The van der Waals surface area contributed by atoms with Gasteiger partial charge in [-0.15, -0.1) is 0 Å². The van der Waals surface area contributed by atoms with E-state index in [0.29, 0.717) is 0 Å². The largest absolute Gasteiger partial charge is 0.379 e. The zero-order valence-electron chi connectivity index (χ0n) is 17.6. The number of morpholine rings is 1. The van der Waals surface area contributed by atoms with Crippen LogP contribution in [0.5, 0.6) is 0 Å². The first kappa shape index (κ1) is 20.8. The smallest absolute Gasteiger partial charge is 0.0635 e. The Morgan fingerprint density at radius 2 is 1.78 bits per heavy atom. The Morgan fingerprint density at radius 1 is 1.04 bits per heavy atom. The average Bonchev–Trinajstić information content (AvgIpc) is 2.65. The maximum absolute atomic E-state index is 6.04. The lowest BCUT2D eigenvalue weighted by Crippen LogP contribution is -2.45. The fourth-order valence-electron chi connectivity index (χ4n) is 4.69. The highest BCUT2D eigenvalue weighted by Gasteiger charge is 2.41. The van der Waals surface area contributed by atoms with Gasteiger partial charge in [-0.05, 0) is 71.7 Å². The van der Waals surface area contributed by atoms with Crippen molar-refractivity contribution >= 4 is 0 Å². The fraction of sp³-hybridized carbons (Fsp3) is 0.739. The second-order valence-electron chi connectivity index (χ2n) is 8.99. The van der Waals surface area contributed by atoms with Crippen molar-refractivity contribution in [1.29, 1.82) is 0 Å². The lowest BCUT2D eigenvalue weighted by molar-refractivity contribution is -0.0839. The van der Waals surface area contributed by atoms with Crippen LogP contribution in [0.3, 0.4) is 0 Å². The first-order chi connectivity index (χ1) is 13.0. The van der Waals surface area contributed by atoms with E-state index in [0.717, 1.165) is 58.8 Å². The van der Waals surface area contributed by atoms with Crippen LogP contribution >= 0.6 is 0 Å². The lowest BCUT2D eigenvalue weighted by Gasteiger charge is -2.45. The van der Waals surface area contributed by atoms with Crippen LogP contribution in [0.1, 0.15) is 50.7 Å². The standard InChI is InChI=1S/C23H38N2O2/c1-20-5-7-21(8-6-20)23(10-16-27-22(2,3)19-23)9-12-24-11-4-13-25-14-17-26-18-15-25/h5-8,24H,4,9-19H2,1-3H3/t23-/m1/s1. The Kier molecular flexibility index (Phi) is 7.32. The van der Waals surface area contributed by atoms with Gasteiger partial charge in [-0.25, -0.2) is 0 Å². The predicted molar refractivity (Wildman–Crippen MR) is 111 cm³/mol. The third-order valence-electron chi connectivity index (χ3n) is 6.21. The SMILES string of the molecule is Cc1ccc([C@]2(CCNCCCN3CCOCC3)CCOC(C)(C)C2)cc1. The van der Waals surface area contributed by atoms with E-state index in [2.05, 4.69) is 55.3 Å². The van der Waals surface area contributed by atoms with Crippen LogP contribution in [0.15, 0.2) is 24.3 Å². The Labute approximate surface area is 165 Å². The van der Waals surface area contributed by atoms with Gasteiger partial charge in [0.1, 0.15) is 0 Å². The molecule has 152 valence electrons. The maximum atomic E-state index is 6.04. The molecule has 0 aromatic heterocycles. The molecule has 0 radical (unpaired) electrons. The zero-order valence-corrected chi connectivity index (χ0v) is 17.6. The van der Waals surface area contributed by atoms with Crippen molar-refractivity contribution in [2.24, 2.45) is 0 Å². The van der Waals surface area contributed by atoms with E-state index in [-0.39, 0.29) is 11.0 Å². The average molecular weight is 375 g/mol.